The van der Waals surface area contributed by atoms with Crippen LogP contribution in [0.4, 0.5) is 5.82 Å². The highest BCUT2D eigenvalue weighted by Crippen LogP contribution is 2.25. The van der Waals surface area contributed by atoms with E-state index in [4.69, 9.17) is 11.6 Å². The Balaban J connectivity index is 1.78. The molecule has 0 aliphatic heterocycles. The molecule has 1 amide bonds. The van der Waals surface area contributed by atoms with Gasteiger partial charge in [0, 0.05) is 21.7 Å². The smallest absolute Gasteiger partial charge is 0.276 e. The molecule has 0 unspecified atom stereocenters. The lowest BCUT2D eigenvalue weighted by atomic mass is 10.2. The van der Waals surface area contributed by atoms with E-state index in [-0.39, 0.29) is 5.91 Å². The Kier molecular flexibility index (Phi) is 4.18. The number of hydrogen-bond donors (Lipinski definition) is 1. The van der Waals surface area contributed by atoms with E-state index in [0.29, 0.717) is 16.5 Å². The molecule has 0 aliphatic carbocycles. The van der Waals surface area contributed by atoms with Crippen LogP contribution in [0.3, 0.4) is 0 Å². The van der Waals surface area contributed by atoms with Crippen LogP contribution in [0.25, 0.3) is 10.6 Å². The summed E-state index contributed by atoms with van der Waals surface area (Å²) < 4.78 is 0. The van der Waals surface area contributed by atoms with Crippen LogP contribution in [-0.2, 0) is 0 Å². The van der Waals surface area contributed by atoms with Crippen LogP contribution < -0.4 is 5.32 Å². The number of rotatable bonds is 3. The zero-order valence-electron chi connectivity index (χ0n) is 11.7. The Bertz CT molecular complexity index is 814. The molecule has 6 heteroatoms. The highest BCUT2D eigenvalue weighted by molar-refractivity contribution is 7.13. The van der Waals surface area contributed by atoms with Gasteiger partial charge in [0.25, 0.3) is 5.91 Å². The average Bonchev–Trinajstić information content (AvgIpc) is 2.98. The van der Waals surface area contributed by atoms with Crippen LogP contribution >= 0.6 is 22.9 Å². The maximum atomic E-state index is 12.2. The lowest BCUT2D eigenvalue weighted by Gasteiger charge is -2.02. The van der Waals surface area contributed by atoms with Crippen molar-refractivity contribution in [2.24, 2.45) is 0 Å². The van der Waals surface area contributed by atoms with Crippen molar-refractivity contribution in [3.63, 3.8) is 0 Å². The van der Waals surface area contributed by atoms with Crippen molar-refractivity contribution in [3.8, 4) is 10.6 Å². The zero-order valence-corrected chi connectivity index (χ0v) is 13.3. The molecule has 0 aliphatic rings. The second-order valence-corrected chi connectivity index (χ2v) is 5.96. The summed E-state index contributed by atoms with van der Waals surface area (Å²) in [6, 6.07) is 12.8. The van der Waals surface area contributed by atoms with Gasteiger partial charge in [0.1, 0.15) is 16.5 Å². The van der Waals surface area contributed by atoms with Crippen molar-refractivity contribution < 1.29 is 4.79 Å². The summed E-state index contributed by atoms with van der Waals surface area (Å²) in [4.78, 5) is 20.8. The van der Waals surface area contributed by atoms with Gasteiger partial charge in [-0.25, -0.2) is 9.97 Å². The third kappa shape index (κ3) is 3.32. The molecule has 0 saturated carbocycles. The first-order valence-corrected chi connectivity index (χ1v) is 7.84. The van der Waals surface area contributed by atoms with Crippen LogP contribution in [0.5, 0.6) is 0 Å². The molecule has 1 aromatic carbocycles. The fourth-order valence-electron chi connectivity index (χ4n) is 1.90. The molecule has 0 bridgehead atoms. The molecule has 1 N–H and O–H groups in total. The molecule has 0 fully saturated rings. The molecule has 3 aromatic rings. The number of anilines is 1. The third-order valence-electron chi connectivity index (χ3n) is 2.96. The van der Waals surface area contributed by atoms with Crippen LogP contribution in [0.2, 0.25) is 5.02 Å². The van der Waals surface area contributed by atoms with Crippen molar-refractivity contribution in [1.29, 1.82) is 0 Å². The van der Waals surface area contributed by atoms with Gasteiger partial charge in [-0.1, -0.05) is 29.8 Å². The lowest BCUT2D eigenvalue weighted by Crippen LogP contribution is -2.13. The minimum Gasteiger partial charge on any atom is -0.305 e. The molecule has 22 heavy (non-hydrogen) atoms. The van der Waals surface area contributed by atoms with Gasteiger partial charge in [0.15, 0.2) is 0 Å². The molecule has 4 nitrogen and oxygen atoms in total. The molecule has 0 saturated heterocycles. The maximum Gasteiger partial charge on any atom is 0.276 e. The van der Waals surface area contributed by atoms with Gasteiger partial charge in [0.05, 0.1) is 0 Å². The Labute approximate surface area is 136 Å². The summed E-state index contributed by atoms with van der Waals surface area (Å²) in [5.74, 6) is 0.251. The van der Waals surface area contributed by atoms with Crippen molar-refractivity contribution in [2.75, 3.05) is 5.32 Å². The SMILES string of the molecule is Cc1cccc(NC(=O)c2csc(-c3ccc(Cl)cc3)n2)n1. The highest BCUT2D eigenvalue weighted by atomic mass is 35.5. The van der Waals surface area contributed by atoms with Crippen LogP contribution in [0.15, 0.2) is 47.8 Å². The predicted molar refractivity (Wildman–Crippen MR) is 89.5 cm³/mol. The van der Waals surface area contributed by atoms with E-state index in [9.17, 15) is 4.79 Å². The first-order valence-electron chi connectivity index (χ1n) is 6.58. The minimum atomic E-state index is -0.269. The average molecular weight is 330 g/mol. The lowest BCUT2D eigenvalue weighted by molar-refractivity contribution is 0.102. The van der Waals surface area contributed by atoms with Crippen molar-refractivity contribution in [1.82, 2.24) is 9.97 Å². The number of benzene rings is 1. The number of aromatic nitrogens is 2. The number of hydrogen-bond acceptors (Lipinski definition) is 4. The van der Waals surface area contributed by atoms with Gasteiger partial charge < -0.3 is 5.32 Å². The monoisotopic (exact) mass is 329 g/mol. The summed E-state index contributed by atoms with van der Waals surface area (Å²) >= 11 is 7.28. The van der Waals surface area contributed by atoms with E-state index in [1.165, 1.54) is 11.3 Å². The second-order valence-electron chi connectivity index (χ2n) is 4.66. The van der Waals surface area contributed by atoms with E-state index in [1.807, 2.05) is 31.2 Å². The fraction of sp³-hybridized carbons (Fsp3) is 0.0625. The molecule has 2 aromatic heterocycles. The molecule has 3 rings (SSSR count). The van der Waals surface area contributed by atoms with Gasteiger partial charge in [-0.3, -0.25) is 4.79 Å². The number of amides is 1. The summed E-state index contributed by atoms with van der Waals surface area (Å²) in [5, 5.41) is 5.92. The number of thiazole rings is 1. The van der Waals surface area contributed by atoms with Gasteiger partial charge in [0.2, 0.25) is 0 Å². The minimum absolute atomic E-state index is 0.269. The van der Waals surface area contributed by atoms with E-state index in [1.54, 1.807) is 23.6 Å². The van der Waals surface area contributed by atoms with E-state index >= 15 is 0 Å². The van der Waals surface area contributed by atoms with Crippen molar-refractivity contribution in [2.45, 2.75) is 6.92 Å². The summed E-state index contributed by atoms with van der Waals surface area (Å²) in [6.45, 7) is 1.87. The summed E-state index contributed by atoms with van der Waals surface area (Å²) in [5.41, 5.74) is 2.15. The molecule has 0 spiro atoms. The molecule has 2 heterocycles. The standard InChI is InChI=1S/C16H12ClN3OS/c1-10-3-2-4-14(18-10)20-15(21)13-9-22-16(19-13)11-5-7-12(17)8-6-11/h2-9H,1H3,(H,18,20,21). The van der Waals surface area contributed by atoms with Gasteiger partial charge >= 0.3 is 0 Å². The number of carbonyl (C=O) groups is 1. The van der Waals surface area contributed by atoms with Gasteiger partial charge in [-0.05, 0) is 31.2 Å². The molecular weight excluding hydrogens is 318 g/mol. The van der Waals surface area contributed by atoms with Crippen LogP contribution in [-0.4, -0.2) is 15.9 Å². The Morgan fingerprint density at radius 1 is 1.14 bits per heavy atom. The number of nitrogens with one attached hydrogen (secondary N) is 1. The largest absolute Gasteiger partial charge is 0.305 e. The first-order chi connectivity index (χ1) is 10.6. The zero-order chi connectivity index (χ0) is 15.5. The topological polar surface area (TPSA) is 54.9 Å². The number of aryl methyl sites for hydroxylation is 1. The van der Waals surface area contributed by atoms with Crippen molar-refractivity contribution in [3.05, 3.63) is 64.3 Å². The molecule has 0 radical (unpaired) electrons. The first kappa shape index (κ1) is 14.7. The van der Waals surface area contributed by atoms with E-state index < -0.39 is 0 Å². The summed E-state index contributed by atoms with van der Waals surface area (Å²) in [6.07, 6.45) is 0. The van der Waals surface area contributed by atoms with E-state index in [0.717, 1.165) is 16.3 Å². The fourth-order valence-corrected chi connectivity index (χ4v) is 2.83. The van der Waals surface area contributed by atoms with Crippen LogP contribution in [0.1, 0.15) is 16.2 Å². The number of carbonyl (C=O) groups excluding carboxylic acids is 1. The molecule has 110 valence electrons. The van der Waals surface area contributed by atoms with Crippen molar-refractivity contribution >= 4 is 34.7 Å². The summed E-state index contributed by atoms with van der Waals surface area (Å²) in [7, 11) is 0. The second kappa shape index (κ2) is 6.25. The normalized spacial score (nSPS) is 10.5. The molecule has 0 atom stereocenters. The van der Waals surface area contributed by atoms with Gasteiger partial charge in [-0.15, -0.1) is 11.3 Å². The Morgan fingerprint density at radius 3 is 2.64 bits per heavy atom. The van der Waals surface area contributed by atoms with E-state index in [2.05, 4.69) is 15.3 Å². The third-order valence-corrected chi connectivity index (χ3v) is 4.10. The number of nitrogens with zero attached hydrogens (tertiary/aromatic N) is 2. The number of halogens is 1. The highest BCUT2D eigenvalue weighted by Gasteiger charge is 2.12. The van der Waals surface area contributed by atoms with Crippen LogP contribution in [0, 0.1) is 6.92 Å². The quantitative estimate of drug-likeness (QED) is 0.774. The molecular formula is C16H12ClN3OS. The number of pyridine rings is 1. The van der Waals surface area contributed by atoms with Gasteiger partial charge in [-0.2, -0.15) is 0 Å². The Hall–Kier alpha value is -2.24. The predicted octanol–water partition coefficient (Wildman–Crippen LogP) is 4.42. The Morgan fingerprint density at radius 2 is 1.91 bits per heavy atom. The maximum absolute atomic E-state index is 12.2.